The molecule has 2 nitrogen and oxygen atoms in total. The van der Waals surface area contributed by atoms with Crippen molar-refractivity contribution in [3.8, 4) is 0 Å². The molecule has 20 heavy (non-hydrogen) atoms. The monoisotopic (exact) mass is 372 g/mol. The van der Waals surface area contributed by atoms with Crippen LogP contribution in [0.1, 0.15) is 22.7 Å². The van der Waals surface area contributed by atoms with E-state index in [-0.39, 0.29) is 0 Å². The van der Waals surface area contributed by atoms with E-state index in [4.69, 9.17) is 11.6 Å². The summed E-state index contributed by atoms with van der Waals surface area (Å²) in [6.45, 7) is 2.05. The fourth-order valence-corrected chi connectivity index (χ4v) is 3.57. The van der Waals surface area contributed by atoms with Crippen LogP contribution in [0.4, 0.5) is 0 Å². The quantitative estimate of drug-likeness (QED) is 0.653. The summed E-state index contributed by atoms with van der Waals surface area (Å²) >= 11 is 11.0. The molecule has 5 heteroatoms. The van der Waals surface area contributed by atoms with Gasteiger partial charge in [-0.05, 0) is 37.7 Å². The Hall–Kier alpha value is -0.420. The first-order valence-corrected chi connectivity index (χ1v) is 8.80. The molecule has 0 unspecified atom stereocenters. The van der Waals surface area contributed by atoms with Gasteiger partial charge in [-0.15, -0.1) is 22.9 Å². The molecule has 0 aliphatic heterocycles. The molecule has 1 aromatic carbocycles. The van der Waals surface area contributed by atoms with Gasteiger partial charge in [0, 0.05) is 22.8 Å². The van der Waals surface area contributed by atoms with Crippen molar-refractivity contribution < 1.29 is 0 Å². The van der Waals surface area contributed by atoms with Crippen LogP contribution in [0, 0.1) is 0 Å². The number of hydrogen-bond acceptors (Lipinski definition) is 3. The van der Waals surface area contributed by atoms with Gasteiger partial charge in [0.1, 0.15) is 0 Å². The molecular formula is C15H18BrClN2S. The highest BCUT2D eigenvalue weighted by molar-refractivity contribution is 9.10. The molecule has 2 aromatic rings. The van der Waals surface area contributed by atoms with Crippen molar-refractivity contribution in [3.63, 3.8) is 0 Å². The lowest BCUT2D eigenvalue weighted by Gasteiger charge is -2.16. The van der Waals surface area contributed by atoms with Crippen LogP contribution < -0.4 is 0 Å². The number of halogens is 2. The van der Waals surface area contributed by atoms with E-state index in [1.165, 1.54) is 10.6 Å². The Morgan fingerprint density at radius 1 is 1.40 bits per heavy atom. The number of aromatic nitrogens is 1. The summed E-state index contributed by atoms with van der Waals surface area (Å²) in [4.78, 5) is 6.83. The van der Waals surface area contributed by atoms with E-state index < -0.39 is 0 Å². The Labute approximate surface area is 137 Å². The van der Waals surface area contributed by atoms with Gasteiger partial charge in [0.05, 0.1) is 16.6 Å². The molecule has 0 saturated heterocycles. The highest BCUT2D eigenvalue weighted by Gasteiger charge is 2.04. The van der Waals surface area contributed by atoms with E-state index in [0.29, 0.717) is 5.88 Å². The van der Waals surface area contributed by atoms with Crippen LogP contribution >= 0.6 is 38.9 Å². The molecule has 0 aliphatic rings. The minimum atomic E-state index is 0.513. The van der Waals surface area contributed by atoms with Gasteiger partial charge in [-0.2, -0.15) is 0 Å². The predicted octanol–water partition coefficient (Wildman–Crippen LogP) is 4.71. The second-order valence-corrected chi connectivity index (χ2v) is 6.96. The fraction of sp³-hybridized carbons (Fsp3) is 0.400. The summed E-state index contributed by atoms with van der Waals surface area (Å²) in [5, 5.41) is 3.24. The van der Waals surface area contributed by atoms with E-state index >= 15 is 0 Å². The molecule has 2 rings (SSSR count). The smallest absolute Gasteiger partial charge is 0.0929 e. The van der Waals surface area contributed by atoms with Crippen molar-refractivity contribution in [2.45, 2.75) is 25.3 Å². The van der Waals surface area contributed by atoms with E-state index in [0.717, 1.165) is 36.1 Å². The topological polar surface area (TPSA) is 16.1 Å². The zero-order chi connectivity index (χ0) is 14.4. The molecule has 0 atom stereocenters. The van der Waals surface area contributed by atoms with Gasteiger partial charge in [0.15, 0.2) is 0 Å². The van der Waals surface area contributed by atoms with Crippen LogP contribution in [0.2, 0.25) is 0 Å². The van der Waals surface area contributed by atoms with Crippen LogP contribution in [0.25, 0.3) is 0 Å². The maximum absolute atomic E-state index is 5.76. The molecule has 108 valence electrons. The van der Waals surface area contributed by atoms with Crippen molar-refractivity contribution in [1.82, 2.24) is 9.88 Å². The van der Waals surface area contributed by atoms with Gasteiger partial charge in [-0.1, -0.05) is 28.1 Å². The third-order valence-corrected chi connectivity index (χ3v) is 4.73. The average molecular weight is 374 g/mol. The van der Waals surface area contributed by atoms with Crippen LogP contribution in [0.3, 0.4) is 0 Å². The molecule has 0 bridgehead atoms. The highest BCUT2D eigenvalue weighted by atomic mass is 79.9. The van der Waals surface area contributed by atoms with Crippen LogP contribution in [-0.2, 0) is 18.8 Å². The van der Waals surface area contributed by atoms with E-state index in [9.17, 15) is 0 Å². The Bertz CT molecular complexity index is 544. The van der Waals surface area contributed by atoms with Gasteiger partial charge in [0.2, 0.25) is 0 Å². The maximum Gasteiger partial charge on any atom is 0.0929 e. The Morgan fingerprint density at radius 3 is 2.95 bits per heavy atom. The first-order valence-electron chi connectivity index (χ1n) is 6.59. The molecule has 1 heterocycles. The predicted molar refractivity (Wildman–Crippen MR) is 90.5 cm³/mol. The van der Waals surface area contributed by atoms with Gasteiger partial charge in [0.25, 0.3) is 0 Å². The molecular weight excluding hydrogens is 356 g/mol. The Balaban J connectivity index is 1.73. The first kappa shape index (κ1) is 16.0. The van der Waals surface area contributed by atoms with Crippen LogP contribution in [-0.4, -0.2) is 23.5 Å². The van der Waals surface area contributed by atoms with Crippen LogP contribution in [0.5, 0.6) is 0 Å². The van der Waals surface area contributed by atoms with Crippen LogP contribution in [0.15, 0.2) is 34.1 Å². The molecule has 0 saturated carbocycles. The number of benzene rings is 1. The van der Waals surface area contributed by atoms with Gasteiger partial charge < -0.3 is 4.90 Å². The Morgan fingerprint density at radius 2 is 2.25 bits per heavy atom. The summed E-state index contributed by atoms with van der Waals surface area (Å²) in [6, 6.07) is 8.47. The van der Waals surface area contributed by atoms with Gasteiger partial charge in [-0.25, -0.2) is 4.98 Å². The number of nitrogens with zero attached hydrogens (tertiary/aromatic N) is 2. The molecule has 0 spiro atoms. The van der Waals surface area contributed by atoms with Gasteiger partial charge in [-0.3, -0.25) is 0 Å². The second-order valence-electron chi connectivity index (χ2n) is 4.84. The first-order chi connectivity index (χ1) is 9.67. The standard InChI is InChI=1S/C15H18BrClN2S/c1-19(10-12-4-2-5-13(16)8-12)7-3-6-15-18-14(9-17)11-20-15/h2,4-5,8,11H,3,6-7,9-10H2,1H3. The molecule has 0 N–H and O–H groups in total. The van der Waals surface area contributed by atoms with Crippen molar-refractivity contribution in [1.29, 1.82) is 0 Å². The fourth-order valence-electron chi connectivity index (χ4n) is 2.05. The van der Waals surface area contributed by atoms with Crippen molar-refractivity contribution in [2.24, 2.45) is 0 Å². The van der Waals surface area contributed by atoms with Gasteiger partial charge >= 0.3 is 0 Å². The number of aryl methyl sites for hydroxylation is 1. The average Bonchev–Trinajstić information content (AvgIpc) is 2.86. The lowest BCUT2D eigenvalue weighted by atomic mass is 10.2. The zero-order valence-electron chi connectivity index (χ0n) is 11.5. The highest BCUT2D eigenvalue weighted by Crippen LogP contribution is 2.15. The number of rotatable bonds is 7. The summed E-state index contributed by atoms with van der Waals surface area (Å²) < 4.78 is 1.14. The number of alkyl halides is 1. The SMILES string of the molecule is CN(CCCc1nc(CCl)cs1)Cc1cccc(Br)c1. The number of hydrogen-bond donors (Lipinski definition) is 0. The Kier molecular flexibility index (Phi) is 6.49. The van der Waals surface area contributed by atoms with Crippen molar-refractivity contribution in [2.75, 3.05) is 13.6 Å². The lowest BCUT2D eigenvalue weighted by Crippen LogP contribution is -2.19. The molecule has 0 amide bonds. The lowest BCUT2D eigenvalue weighted by molar-refractivity contribution is 0.322. The van der Waals surface area contributed by atoms with E-state index in [1.54, 1.807) is 11.3 Å². The summed E-state index contributed by atoms with van der Waals surface area (Å²) in [5.74, 6) is 0.513. The zero-order valence-corrected chi connectivity index (χ0v) is 14.6. The van der Waals surface area contributed by atoms with E-state index in [1.807, 2.05) is 5.38 Å². The third kappa shape index (κ3) is 5.17. The normalized spacial score (nSPS) is 11.2. The number of thiazole rings is 1. The van der Waals surface area contributed by atoms with E-state index in [2.05, 4.69) is 57.1 Å². The molecule has 0 radical (unpaired) electrons. The van der Waals surface area contributed by atoms with Crippen molar-refractivity contribution in [3.05, 3.63) is 50.4 Å². The van der Waals surface area contributed by atoms with Crippen molar-refractivity contribution >= 4 is 38.9 Å². The largest absolute Gasteiger partial charge is 0.302 e. The third-order valence-electron chi connectivity index (χ3n) is 3.01. The maximum atomic E-state index is 5.76. The minimum absolute atomic E-state index is 0.513. The summed E-state index contributed by atoms with van der Waals surface area (Å²) in [5.41, 5.74) is 2.33. The minimum Gasteiger partial charge on any atom is -0.302 e. The second kappa shape index (κ2) is 8.13. The summed E-state index contributed by atoms with van der Waals surface area (Å²) in [6.07, 6.45) is 2.16. The molecule has 0 fully saturated rings. The molecule has 1 aromatic heterocycles. The molecule has 0 aliphatic carbocycles. The summed E-state index contributed by atoms with van der Waals surface area (Å²) in [7, 11) is 2.16.